The highest BCUT2D eigenvalue weighted by atomic mass is 16.5. The summed E-state index contributed by atoms with van der Waals surface area (Å²) in [6, 6.07) is 7.21. The van der Waals surface area contributed by atoms with Gasteiger partial charge in [0.25, 0.3) is 0 Å². The van der Waals surface area contributed by atoms with Crippen LogP contribution in [0.25, 0.3) is 0 Å². The maximum atomic E-state index is 12.1. The topological polar surface area (TPSA) is 80.3 Å². The molecule has 1 heterocycles. The fourth-order valence-corrected chi connectivity index (χ4v) is 2.70. The normalized spacial score (nSPS) is 14.4. The van der Waals surface area contributed by atoms with Gasteiger partial charge < -0.3 is 24.4 Å². The minimum Gasteiger partial charge on any atom is -0.497 e. The van der Waals surface area contributed by atoms with Crippen LogP contribution in [0.2, 0.25) is 0 Å². The van der Waals surface area contributed by atoms with Gasteiger partial charge in [0.05, 0.1) is 33.4 Å². The van der Waals surface area contributed by atoms with Crippen LogP contribution >= 0.6 is 0 Å². The molecule has 8 heteroatoms. The Bertz CT molecular complexity index is 588. The zero-order chi connectivity index (χ0) is 19.5. The lowest BCUT2D eigenvalue weighted by Gasteiger charge is -2.26. The molecule has 0 bridgehead atoms. The minimum atomic E-state index is -0.164. The zero-order valence-corrected chi connectivity index (χ0v) is 16.1. The number of nitrogens with one attached hydrogen (secondary N) is 1. The van der Waals surface area contributed by atoms with Crippen molar-refractivity contribution in [2.75, 3.05) is 66.2 Å². The average Bonchev–Trinajstić information content (AvgIpc) is 2.68. The Balaban J connectivity index is 1.67. The molecule has 0 spiro atoms. The average molecular weight is 379 g/mol. The van der Waals surface area contributed by atoms with Crippen LogP contribution in [0.4, 0.5) is 0 Å². The first kappa shape index (κ1) is 21.0. The number of hydrogen-bond donors (Lipinski definition) is 1. The molecule has 1 saturated heterocycles. The molecule has 1 N–H and O–H groups in total. The Labute approximate surface area is 160 Å². The van der Waals surface area contributed by atoms with E-state index >= 15 is 0 Å². The summed E-state index contributed by atoms with van der Waals surface area (Å²) in [7, 11) is 1.60. The van der Waals surface area contributed by atoms with Crippen LogP contribution in [-0.4, -0.2) is 87.8 Å². The molecule has 8 nitrogen and oxygen atoms in total. The van der Waals surface area contributed by atoms with E-state index in [1.165, 1.54) is 11.8 Å². The van der Waals surface area contributed by atoms with Crippen LogP contribution in [0.3, 0.4) is 0 Å². The molecule has 2 amide bonds. The Morgan fingerprint density at radius 2 is 1.85 bits per heavy atom. The summed E-state index contributed by atoms with van der Waals surface area (Å²) in [6.45, 7) is 6.74. The van der Waals surface area contributed by atoms with Crippen molar-refractivity contribution in [3.63, 3.8) is 0 Å². The molecule has 0 unspecified atom stereocenters. The Kier molecular flexibility index (Phi) is 8.86. The molecule has 1 aromatic rings. The zero-order valence-electron chi connectivity index (χ0n) is 16.1. The number of carbonyl (C=O) groups excluding carboxylic acids is 2. The summed E-state index contributed by atoms with van der Waals surface area (Å²) < 4.78 is 16.0. The van der Waals surface area contributed by atoms with Crippen LogP contribution in [0.15, 0.2) is 24.3 Å². The van der Waals surface area contributed by atoms with Crippen molar-refractivity contribution >= 4 is 11.8 Å². The SMILES string of the molecule is COc1ccc(OCCN(CC(=O)NCCN2CCOCC2)C(C)=O)cc1. The number of methoxy groups -OCH3 is 1. The van der Waals surface area contributed by atoms with E-state index in [2.05, 4.69) is 10.2 Å². The van der Waals surface area contributed by atoms with E-state index in [4.69, 9.17) is 14.2 Å². The highest BCUT2D eigenvalue weighted by Crippen LogP contribution is 2.16. The molecule has 1 aliphatic heterocycles. The van der Waals surface area contributed by atoms with Gasteiger partial charge in [-0.3, -0.25) is 14.5 Å². The van der Waals surface area contributed by atoms with Gasteiger partial charge in [0.15, 0.2) is 0 Å². The minimum absolute atomic E-state index is 0.0322. The molecule has 1 aromatic carbocycles. The van der Waals surface area contributed by atoms with Crippen molar-refractivity contribution in [3.05, 3.63) is 24.3 Å². The van der Waals surface area contributed by atoms with Gasteiger partial charge in [-0.25, -0.2) is 0 Å². The summed E-state index contributed by atoms with van der Waals surface area (Å²) in [5.41, 5.74) is 0. The van der Waals surface area contributed by atoms with Crippen molar-refractivity contribution < 1.29 is 23.8 Å². The number of morpholine rings is 1. The van der Waals surface area contributed by atoms with Crippen molar-refractivity contribution in [3.8, 4) is 11.5 Å². The fraction of sp³-hybridized carbons (Fsp3) is 0.579. The number of ether oxygens (including phenoxy) is 3. The number of carbonyl (C=O) groups is 2. The van der Waals surface area contributed by atoms with Gasteiger partial charge >= 0.3 is 0 Å². The second kappa shape index (κ2) is 11.4. The highest BCUT2D eigenvalue weighted by Gasteiger charge is 2.14. The van der Waals surface area contributed by atoms with E-state index in [0.29, 0.717) is 25.4 Å². The van der Waals surface area contributed by atoms with Gasteiger partial charge in [0.2, 0.25) is 11.8 Å². The number of hydrogen-bond acceptors (Lipinski definition) is 6. The third-order valence-electron chi connectivity index (χ3n) is 4.32. The summed E-state index contributed by atoms with van der Waals surface area (Å²) >= 11 is 0. The van der Waals surface area contributed by atoms with Gasteiger partial charge in [-0.05, 0) is 24.3 Å². The van der Waals surface area contributed by atoms with Gasteiger partial charge in [0.1, 0.15) is 18.1 Å². The molecule has 1 fully saturated rings. The highest BCUT2D eigenvalue weighted by molar-refractivity contribution is 5.83. The molecular weight excluding hydrogens is 350 g/mol. The molecule has 0 saturated carbocycles. The lowest BCUT2D eigenvalue weighted by atomic mass is 10.3. The molecule has 2 rings (SSSR count). The maximum Gasteiger partial charge on any atom is 0.239 e. The van der Waals surface area contributed by atoms with Gasteiger partial charge in [0, 0.05) is 33.1 Å². The van der Waals surface area contributed by atoms with Crippen molar-refractivity contribution in [1.82, 2.24) is 15.1 Å². The van der Waals surface area contributed by atoms with Crippen LogP contribution < -0.4 is 14.8 Å². The smallest absolute Gasteiger partial charge is 0.239 e. The molecule has 1 aliphatic rings. The van der Waals surface area contributed by atoms with Crippen molar-refractivity contribution in [2.45, 2.75) is 6.92 Å². The van der Waals surface area contributed by atoms with E-state index in [1.807, 2.05) is 0 Å². The number of amides is 2. The largest absolute Gasteiger partial charge is 0.497 e. The number of nitrogens with zero attached hydrogens (tertiary/aromatic N) is 2. The van der Waals surface area contributed by atoms with E-state index in [1.54, 1.807) is 31.4 Å². The Hall–Kier alpha value is -2.32. The molecule has 150 valence electrons. The predicted molar refractivity (Wildman–Crippen MR) is 101 cm³/mol. The van der Waals surface area contributed by atoms with E-state index < -0.39 is 0 Å². The summed E-state index contributed by atoms with van der Waals surface area (Å²) in [5.74, 6) is 1.12. The van der Waals surface area contributed by atoms with Gasteiger partial charge in [-0.2, -0.15) is 0 Å². The molecule has 0 aromatic heterocycles. The summed E-state index contributed by atoms with van der Waals surface area (Å²) in [6.07, 6.45) is 0. The summed E-state index contributed by atoms with van der Waals surface area (Å²) in [4.78, 5) is 27.6. The first-order chi connectivity index (χ1) is 13.1. The molecule has 0 aliphatic carbocycles. The van der Waals surface area contributed by atoms with Crippen molar-refractivity contribution in [1.29, 1.82) is 0 Å². The molecule has 0 atom stereocenters. The Morgan fingerprint density at radius 1 is 1.19 bits per heavy atom. The van der Waals surface area contributed by atoms with Crippen LogP contribution in [-0.2, 0) is 14.3 Å². The molecular formula is C19H29N3O5. The van der Waals surface area contributed by atoms with Gasteiger partial charge in [-0.15, -0.1) is 0 Å². The van der Waals surface area contributed by atoms with E-state index in [9.17, 15) is 9.59 Å². The second-order valence-corrected chi connectivity index (χ2v) is 6.27. The fourth-order valence-electron chi connectivity index (χ4n) is 2.70. The van der Waals surface area contributed by atoms with E-state index in [0.717, 1.165) is 38.6 Å². The third-order valence-corrected chi connectivity index (χ3v) is 4.32. The lowest BCUT2D eigenvalue weighted by Crippen LogP contribution is -2.45. The Morgan fingerprint density at radius 3 is 2.48 bits per heavy atom. The van der Waals surface area contributed by atoms with Gasteiger partial charge in [-0.1, -0.05) is 0 Å². The van der Waals surface area contributed by atoms with Crippen LogP contribution in [0.5, 0.6) is 11.5 Å². The number of rotatable bonds is 10. The second-order valence-electron chi connectivity index (χ2n) is 6.27. The summed E-state index contributed by atoms with van der Waals surface area (Å²) in [5, 5.41) is 2.87. The quantitative estimate of drug-likeness (QED) is 0.633. The standard InChI is InChI=1S/C19H29N3O5/c1-16(23)22(11-14-27-18-5-3-17(25-2)4-6-18)15-19(24)20-7-8-21-9-12-26-13-10-21/h3-6H,7-15H2,1-2H3,(H,20,24). The predicted octanol–water partition coefficient (Wildman–Crippen LogP) is 0.371. The van der Waals surface area contributed by atoms with Crippen LogP contribution in [0, 0.1) is 0 Å². The number of benzene rings is 1. The first-order valence-electron chi connectivity index (χ1n) is 9.17. The first-order valence-corrected chi connectivity index (χ1v) is 9.17. The van der Waals surface area contributed by atoms with E-state index in [-0.39, 0.29) is 18.4 Å². The molecule has 27 heavy (non-hydrogen) atoms. The maximum absolute atomic E-state index is 12.1. The van der Waals surface area contributed by atoms with Crippen molar-refractivity contribution in [2.24, 2.45) is 0 Å². The lowest BCUT2D eigenvalue weighted by molar-refractivity contribution is -0.134. The molecule has 0 radical (unpaired) electrons. The van der Waals surface area contributed by atoms with Crippen LogP contribution in [0.1, 0.15) is 6.92 Å². The third kappa shape index (κ3) is 7.84. The monoisotopic (exact) mass is 379 g/mol.